The molecule has 4 rings (SSSR count). The van der Waals surface area contributed by atoms with E-state index in [1.807, 2.05) is 42.6 Å². The minimum Gasteiger partial charge on any atom is -0.481 e. The van der Waals surface area contributed by atoms with E-state index in [0.29, 0.717) is 25.5 Å². The first-order valence-corrected chi connectivity index (χ1v) is 9.98. The molecule has 1 fully saturated rings. The van der Waals surface area contributed by atoms with Gasteiger partial charge in [-0.25, -0.2) is 15.0 Å². The Hall–Kier alpha value is -2.84. The quantitative estimate of drug-likeness (QED) is 0.610. The highest BCUT2D eigenvalue weighted by atomic mass is 32.1. The van der Waals surface area contributed by atoms with Gasteiger partial charge in [0.1, 0.15) is 5.41 Å². The van der Waals surface area contributed by atoms with E-state index in [1.54, 1.807) is 12.4 Å². The SMILES string of the molecule is Cc1ccnc(Nc2cccc(C3(C(=O)O)CCNCC3c3nccs3)c2)n1. The minimum absolute atomic E-state index is 0.232. The van der Waals surface area contributed by atoms with Crippen molar-refractivity contribution in [3.63, 3.8) is 0 Å². The summed E-state index contributed by atoms with van der Waals surface area (Å²) in [6.07, 6.45) is 3.92. The van der Waals surface area contributed by atoms with Gasteiger partial charge in [0.2, 0.25) is 5.95 Å². The highest BCUT2D eigenvalue weighted by molar-refractivity contribution is 7.09. The zero-order valence-electron chi connectivity index (χ0n) is 15.4. The molecule has 1 aliphatic rings. The van der Waals surface area contributed by atoms with Gasteiger partial charge in [0.25, 0.3) is 0 Å². The van der Waals surface area contributed by atoms with Crippen LogP contribution in [-0.2, 0) is 10.2 Å². The van der Waals surface area contributed by atoms with Gasteiger partial charge in [0, 0.05) is 41.6 Å². The second-order valence-electron chi connectivity index (χ2n) is 6.88. The summed E-state index contributed by atoms with van der Waals surface area (Å²) in [5.41, 5.74) is 1.35. The van der Waals surface area contributed by atoms with Crippen LogP contribution in [-0.4, -0.2) is 39.1 Å². The second-order valence-corrected chi connectivity index (χ2v) is 7.81. The molecule has 3 aromatic rings. The van der Waals surface area contributed by atoms with Crippen LogP contribution in [0.1, 0.15) is 28.6 Å². The monoisotopic (exact) mass is 395 g/mol. The summed E-state index contributed by atoms with van der Waals surface area (Å²) < 4.78 is 0. The molecule has 1 aliphatic heterocycles. The lowest BCUT2D eigenvalue weighted by molar-refractivity contribution is -0.146. The zero-order chi connectivity index (χ0) is 19.6. The number of nitrogens with zero attached hydrogens (tertiary/aromatic N) is 3. The number of hydrogen-bond donors (Lipinski definition) is 3. The molecule has 0 radical (unpaired) electrons. The van der Waals surface area contributed by atoms with Crippen molar-refractivity contribution < 1.29 is 9.90 Å². The lowest BCUT2D eigenvalue weighted by atomic mass is 9.66. The second kappa shape index (κ2) is 7.65. The highest BCUT2D eigenvalue weighted by Gasteiger charge is 2.50. The van der Waals surface area contributed by atoms with Gasteiger partial charge in [0.05, 0.1) is 5.01 Å². The average Bonchev–Trinajstić information content (AvgIpc) is 3.22. The summed E-state index contributed by atoms with van der Waals surface area (Å²) >= 11 is 1.50. The Morgan fingerprint density at radius 1 is 1.32 bits per heavy atom. The summed E-state index contributed by atoms with van der Waals surface area (Å²) in [5.74, 6) is -0.564. The zero-order valence-corrected chi connectivity index (χ0v) is 16.2. The number of thiazole rings is 1. The molecule has 2 aromatic heterocycles. The molecule has 7 nitrogen and oxygen atoms in total. The molecule has 2 atom stereocenters. The molecule has 8 heteroatoms. The number of rotatable bonds is 5. The van der Waals surface area contributed by atoms with Crippen molar-refractivity contribution in [2.24, 2.45) is 0 Å². The van der Waals surface area contributed by atoms with Crippen LogP contribution in [0.5, 0.6) is 0 Å². The average molecular weight is 395 g/mol. The molecular weight excluding hydrogens is 374 g/mol. The molecule has 0 bridgehead atoms. The summed E-state index contributed by atoms with van der Waals surface area (Å²) in [4.78, 5) is 25.6. The third-order valence-corrected chi connectivity index (χ3v) is 6.09. The number of aliphatic carboxylic acids is 1. The van der Waals surface area contributed by atoms with Crippen LogP contribution in [0.4, 0.5) is 11.6 Å². The lowest BCUT2D eigenvalue weighted by Gasteiger charge is -2.40. The molecular formula is C20H21N5O2S. The first-order valence-electron chi connectivity index (χ1n) is 9.10. The Labute approximate surface area is 166 Å². The fourth-order valence-corrected chi connectivity index (χ4v) is 4.65. The van der Waals surface area contributed by atoms with Gasteiger partial charge >= 0.3 is 5.97 Å². The third-order valence-electron chi connectivity index (χ3n) is 5.20. The van der Waals surface area contributed by atoms with E-state index in [9.17, 15) is 9.90 Å². The van der Waals surface area contributed by atoms with Crippen molar-refractivity contribution in [3.8, 4) is 0 Å². The van der Waals surface area contributed by atoms with Crippen LogP contribution in [0.3, 0.4) is 0 Å². The number of aromatic nitrogens is 3. The Balaban J connectivity index is 1.74. The van der Waals surface area contributed by atoms with Crippen molar-refractivity contribution >= 4 is 28.9 Å². The van der Waals surface area contributed by atoms with Crippen molar-refractivity contribution in [1.82, 2.24) is 20.3 Å². The predicted molar refractivity (Wildman–Crippen MR) is 108 cm³/mol. The maximum absolute atomic E-state index is 12.6. The summed E-state index contributed by atoms with van der Waals surface area (Å²) in [5, 5.41) is 19.6. The molecule has 0 aliphatic carbocycles. The van der Waals surface area contributed by atoms with Gasteiger partial charge in [-0.15, -0.1) is 11.3 Å². The van der Waals surface area contributed by atoms with E-state index in [4.69, 9.17) is 0 Å². The lowest BCUT2D eigenvalue weighted by Crippen LogP contribution is -2.51. The number of carbonyl (C=O) groups is 1. The minimum atomic E-state index is -1.03. The summed E-state index contributed by atoms with van der Waals surface area (Å²) in [7, 11) is 0. The molecule has 1 saturated heterocycles. The van der Waals surface area contributed by atoms with Crippen molar-refractivity contribution in [2.75, 3.05) is 18.4 Å². The van der Waals surface area contributed by atoms with E-state index in [0.717, 1.165) is 22.0 Å². The molecule has 0 saturated carbocycles. The topological polar surface area (TPSA) is 100 Å². The van der Waals surface area contributed by atoms with E-state index >= 15 is 0 Å². The van der Waals surface area contributed by atoms with Gasteiger partial charge in [-0.05, 0) is 43.7 Å². The molecule has 144 valence electrons. The molecule has 3 heterocycles. The Kier molecular flexibility index (Phi) is 5.06. The maximum Gasteiger partial charge on any atom is 0.314 e. The Morgan fingerprint density at radius 3 is 2.96 bits per heavy atom. The van der Waals surface area contributed by atoms with E-state index in [1.165, 1.54) is 11.3 Å². The van der Waals surface area contributed by atoms with Gasteiger partial charge in [-0.1, -0.05) is 12.1 Å². The first kappa shape index (κ1) is 18.5. The van der Waals surface area contributed by atoms with Gasteiger partial charge in [-0.3, -0.25) is 4.79 Å². The van der Waals surface area contributed by atoms with E-state index < -0.39 is 11.4 Å². The van der Waals surface area contributed by atoms with Crippen LogP contribution in [0.25, 0.3) is 0 Å². The molecule has 1 aromatic carbocycles. The normalized spacial score (nSPS) is 22.0. The summed E-state index contributed by atoms with van der Waals surface area (Å²) in [6.45, 7) is 3.13. The molecule has 28 heavy (non-hydrogen) atoms. The first-order chi connectivity index (χ1) is 13.6. The molecule has 0 amide bonds. The van der Waals surface area contributed by atoms with Crippen LogP contribution in [0.2, 0.25) is 0 Å². The van der Waals surface area contributed by atoms with Crippen LogP contribution >= 0.6 is 11.3 Å². The van der Waals surface area contributed by atoms with Crippen LogP contribution in [0, 0.1) is 6.92 Å². The van der Waals surface area contributed by atoms with Gasteiger partial charge < -0.3 is 15.7 Å². The molecule has 3 N–H and O–H groups in total. The molecule has 2 unspecified atom stereocenters. The van der Waals surface area contributed by atoms with Gasteiger partial charge in [-0.2, -0.15) is 0 Å². The Morgan fingerprint density at radius 2 is 2.21 bits per heavy atom. The van der Waals surface area contributed by atoms with Crippen molar-refractivity contribution in [2.45, 2.75) is 24.7 Å². The number of aryl methyl sites for hydroxylation is 1. The predicted octanol–water partition coefficient (Wildman–Crippen LogP) is 3.08. The van der Waals surface area contributed by atoms with E-state index in [-0.39, 0.29) is 5.92 Å². The van der Waals surface area contributed by atoms with Crippen LogP contribution in [0.15, 0.2) is 48.1 Å². The number of carboxylic acid groups (broad SMARTS) is 1. The standard InChI is InChI=1S/C20H21N5O2S/c1-13-5-7-23-19(24-13)25-15-4-2-3-14(11-15)20(18(26)27)6-8-21-12-16(20)17-22-9-10-28-17/h2-5,7,9-11,16,21H,6,8,12H2,1H3,(H,26,27)(H,23,24,25). The Bertz CT molecular complexity index is 978. The third kappa shape index (κ3) is 3.36. The number of piperidine rings is 1. The van der Waals surface area contributed by atoms with Crippen molar-refractivity contribution in [3.05, 3.63) is 64.4 Å². The number of benzene rings is 1. The van der Waals surface area contributed by atoms with Crippen molar-refractivity contribution in [1.29, 1.82) is 0 Å². The number of anilines is 2. The molecule has 0 spiro atoms. The van der Waals surface area contributed by atoms with Gasteiger partial charge in [0.15, 0.2) is 0 Å². The summed E-state index contributed by atoms with van der Waals surface area (Å²) in [6, 6.07) is 9.38. The number of hydrogen-bond acceptors (Lipinski definition) is 7. The largest absolute Gasteiger partial charge is 0.481 e. The highest BCUT2D eigenvalue weighted by Crippen LogP contribution is 2.45. The maximum atomic E-state index is 12.6. The fraction of sp³-hybridized carbons (Fsp3) is 0.300. The van der Waals surface area contributed by atoms with Crippen LogP contribution < -0.4 is 10.6 Å². The fourth-order valence-electron chi connectivity index (χ4n) is 3.82. The van der Waals surface area contributed by atoms with E-state index in [2.05, 4.69) is 25.6 Å². The number of carboxylic acids is 1. The number of nitrogens with one attached hydrogen (secondary N) is 2. The smallest absolute Gasteiger partial charge is 0.314 e.